The van der Waals surface area contributed by atoms with E-state index in [-0.39, 0.29) is 0 Å². The number of aromatic nitrogens is 1. The number of nitrogens with one attached hydrogen (secondary N) is 1. The summed E-state index contributed by atoms with van der Waals surface area (Å²) >= 11 is 1.77. The average molecular weight is 226 g/mol. The quantitative estimate of drug-likeness (QED) is 0.806. The van der Waals surface area contributed by atoms with E-state index in [2.05, 4.69) is 43.4 Å². The van der Waals surface area contributed by atoms with Crippen LogP contribution >= 0.6 is 11.3 Å². The van der Waals surface area contributed by atoms with Crippen molar-refractivity contribution in [2.24, 2.45) is 11.8 Å². The van der Waals surface area contributed by atoms with Crippen molar-refractivity contribution in [2.45, 2.75) is 40.2 Å². The Morgan fingerprint density at radius 3 is 2.60 bits per heavy atom. The van der Waals surface area contributed by atoms with Crippen LogP contribution in [0.15, 0.2) is 11.6 Å². The zero-order valence-electron chi connectivity index (χ0n) is 10.2. The topological polar surface area (TPSA) is 24.9 Å². The molecule has 0 spiro atoms. The van der Waals surface area contributed by atoms with Crippen molar-refractivity contribution in [2.75, 3.05) is 6.54 Å². The SMILES string of the molecule is CCNC(C)C(Cc1nccs1)C(C)C. The molecule has 0 bridgehead atoms. The Balaban J connectivity index is 2.58. The summed E-state index contributed by atoms with van der Waals surface area (Å²) in [5, 5.41) is 6.84. The van der Waals surface area contributed by atoms with Crippen LogP contribution in [0.25, 0.3) is 0 Å². The molecule has 0 aliphatic carbocycles. The maximum atomic E-state index is 4.37. The third-order valence-corrected chi connectivity index (χ3v) is 3.72. The molecule has 0 aromatic carbocycles. The van der Waals surface area contributed by atoms with Gasteiger partial charge in [-0.3, -0.25) is 0 Å². The smallest absolute Gasteiger partial charge is 0.0928 e. The lowest BCUT2D eigenvalue weighted by atomic mass is 9.86. The maximum Gasteiger partial charge on any atom is 0.0928 e. The summed E-state index contributed by atoms with van der Waals surface area (Å²) in [5.41, 5.74) is 0. The molecule has 1 aromatic rings. The van der Waals surface area contributed by atoms with E-state index < -0.39 is 0 Å². The molecule has 3 heteroatoms. The molecule has 1 N–H and O–H groups in total. The van der Waals surface area contributed by atoms with Crippen molar-refractivity contribution in [3.8, 4) is 0 Å². The molecule has 1 aromatic heterocycles. The van der Waals surface area contributed by atoms with E-state index in [0.717, 1.165) is 13.0 Å². The van der Waals surface area contributed by atoms with Crippen molar-refractivity contribution >= 4 is 11.3 Å². The van der Waals surface area contributed by atoms with E-state index in [0.29, 0.717) is 17.9 Å². The highest BCUT2D eigenvalue weighted by Crippen LogP contribution is 2.21. The first-order valence-electron chi connectivity index (χ1n) is 5.76. The first-order chi connectivity index (χ1) is 7.15. The molecule has 15 heavy (non-hydrogen) atoms. The lowest BCUT2D eigenvalue weighted by Crippen LogP contribution is -2.37. The molecule has 1 rings (SSSR count). The van der Waals surface area contributed by atoms with Gasteiger partial charge in [0.15, 0.2) is 0 Å². The normalized spacial score (nSPS) is 15.5. The van der Waals surface area contributed by atoms with Gasteiger partial charge in [0.25, 0.3) is 0 Å². The second-order valence-electron chi connectivity index (χ2n) is 4.38. The van der Waals surface area contributed by atoms with Crippen LogP contribution in [0, 0.1) is 11.8 Å². The van der Waals surface area contributed by atoms with Crippen LogP contribution in [0.5, 0.6) is 0 Å². The summed E-state index contributed by atoms with van der Waals surface area (Å²) in [5.74, 6) is 1.37. The molecule has 0 fully saturated rings. The average Bonchev–Trinajstić information content (AvgIpc) is 2.66. The number of hydrogen-bond acceptors (Lipinski definition) is 3. The third kappa shape index (κ3) is 3.92. The molecular weight excluding hydrogens is 204 g/mol. The second-order valence-corrected chi connectivity index (χ2v) is 5.36. The zero-order valence-corrected chi connectivity index (χ0v) is 11.0. The van der Waals surface area contributed by atoms with E-state index in [4.69, 9.17) is 0 Å². The molecule has 2 unspecified atom stereocenters. The van der Waals surface area contributed by atoms with Gasteiger partial charge in [-0.1, -0.05) is 20.8 Å². The summed E-state index contributed by atoms with van der Waals surface area (Å²) < 4.78 is 0. The van der Waals surface area contributed by atoms with Crippen LogP contribution in [0.1, 0.15) is 32.7 Å². The van der Waals surface area contributed by atoms with Crippen molar-refractivity contribution < 1.29 is 0 Å². The lowest BCUT2D eigenvalue weighted by Gasteiger charge is -2.27. The fourth-order valence-corrected chi connectivity index (χ4v) is 2.71. The van der Waals surface area contributed by atoms with Crippen LogP contribution in [0.2, 0.25) is 0 Å². The largest absolute Gasteiger partial charge is 0.314 e. The summed E-state index contributed by atoms with van der Waals surface area (Å²) in [6.45, 7) is 10.1. The molecule has 1 heterocycles. The van der Waals surface area contributed by atoms with Crippen LogP contribution in [0.3, 0.4) is 0 Å². The van der Waals surface area contributed by atoms with Gasteiger partial charge in [-0.15, -0.1) is 11.3 Å². The van der Waals surface area contributed by atoms with E-state index >= 15 is 0 Å². The number of thiazole rings is 1. The summed E-state index contributed by atoms with van der Waals surface area (Å²) in [6, 6.07) is 0.568. The standard InChI is InChI=1S/C12H22N2S/c1-5-13-10(4)11(9(2)3)8-12-14-6-7-15-12/h6-7,9-11,13H,5,8H2,1-4H3. The summed E-state index contributed by atoms with van der Waals surface area (Å²) in [6.07, 6.45) is 3.00. The Morgan fingerprint density at radius 2 is 2.13 bits per heavy atom. The Hall–Kier alpha value is -0.410. The minimum Gasteiger partial charge on any atom is -0.314 e. The molecule has 0 saturated carbocycles. The molecule has 2 nitrogen and oxygen atoms in total. The molecule has 0 amide bonds. The van der Waals surface area contributed by atoms with Gasteiger partial charge < -0.3 is 5.32 Å². The van der Waals surface area contributed by atoms with Gasteiger partial charge in [-0.05, 0) is 25.3 Å². The second kappa shape index (κ2) is 6.23. The predicted octanol–water partition coefficient (Wildman–Crippen LogP) is 2.96. The highest BCUT2D eigenvalue weighted by molar-refractivity contribution is 7.09. The van der Waals surface area contributed by atoms with Crippen molar-refractivity contribution in [3.05, 3.63) is 16.6 Å². The van der Waals surface area contributed by atoms with E-state index in [1.807, 2.05) is 6.20 Å². The summed E-state index contributed by atoms with van der Waals surface area (Å²) in [7, 11) is 0. The Kier molecular flexibility index (Phi) is 5.26. The van der Waals surface area contributed by atoms with Crippen LogP contribution < -0.4 is 5.32 Å². The first kappa shape index (κ1) is 12.7. The Labute approximate surface area is 97.1 Å². The van der Waals surface area contributed by atoms with E-state index in [1.54, 1.807) is 11.3 Å². The van der Waals surface area contributed by atoms with Crippen LogP contribution in [-0.4, -0.2) is 17.6 Å². The number of hydrogen-bond donors (Lipinski definition) is 1. The predicted molar refractivity (Wildman–Crippen MR) is 67.3 cm³/mol. The monoisotopic (exact) mass is 226 g/mol. The van der Waals surface area contributed by atoms with Gasteiger partial charge in [0, 0.05) is 24.0 Å². The molecule has 0 aliphatic rings. The van der Waals surface area contributed by atoms with Gasteiger partial charge in [-0.2, -0.15) is 0 Å². The zero-order chi connectivity index (χ0) is 11.3. The molecule has 86 valence electrons. The highest BCUT2D eigenvalue weighted by Gasteiger charge is 2.21. The number of rotatable bonds is 6. The molecule has 0 aliphatic heterocycles. The van der Waals surface area contributed by atoms with Gasteiger partial charge in [0.05, 0.1) is 5.01 Å². The van der Waals surface area contributed by atoms with E-state index in [1.165, 1.54) is 5.01 Å². The Morgan fingerprint density at radius 1 is 1.40 bits per heavy atom. The number of nitrogens with zero attached hydrogens (tertiary/aromatic N) is 1. The van der Waals surface area contributed by atoms with Crippen LogP contribution in [-0.2, 0) is 6.42 Å². The van der Waals surface area contributed by atoms with Gasteiger partial charge in [-0.25, -0.2) is 4.98 Å². The van der Waals surface area contributed by atoms with Crippen molar-refractivity contribution in [1.29, 1.82) is 0 Å². The first-order valence-corrected chi connectivity index (χ1v) is 6.64. The molecule has 0 saturated heterocycles. The van der Waals surface area contributed by atoms with Crippen molar-refractivity contribution in [1.82, 2.24) is 10.3 Å². The molecular formula is C12H22N2S. The molecule has 2 atom stereocenters. The van der Waals surface area contributed by atoms with Crippen molar-refractivity contribution in [3.63, 3.8) is 0 Å². The third-order valence-electron chi connectivity index (χ3n) is 2.92. The fraction of sp³-hybridized carbons (Fsp3) is 0.750. The minimum atomic E-state index is 0.568. The lowest BCUT2D eigenvalue weighted by molar-refractivity contribution is 0.292. The van der Waals surface area contributed by atoms with Gasteiger partial charge in [0.2, 0.25) is 0 Å². The Bertz CT molecular complexity index is 257. The fourth-order valence-electron chi connectivity index (χ4n) is 2.02. The molecule has 0 radical (unpaired) electrons. The van der Waals surface area contributed by atoms with Crippen LogP contribution in [0.4, 0.5) is 0 Å². The maximum absolute atomic E-state index is 4.37. The van der Waals surface area contributed by atoms with Gasteiger partial charge >= 0.3 is 0 Å². The minimum absolute atomic E-state index is 0.568. The summed E-state index contributed by atoms with van der Waals surface area (Å²) in [4.78, 5) is 4.37. The van der Waals surface area contributed by atoms with Gasteiger partial charge in [0.1, 0.15) is 0 Å². The van der Waals surface area contributed by atoms with E-state index in [9.17, 15) is 0 Å². The highest BCUT2D eigenvalue weighted by atomic mass is 32.1.